The summed E-state index contributed by atoms with van der Waals surface area (Å²) in [6.07, 6.45) is 0.779. The second-order valence-corrected chi connectivity index (χ2v) is 6.60. The van der Waals surface area contributed by atoms with Crippen LogP contribution in [0.1, 0.15) is 23.5 Å². The van der Waals surface area contributed by atoms with Gasteiger partial charge in [-0.2, -0.15) is 8.78 Å². The number of benzene rings is 2. The van der Waals surface area contributed by atoms with Crippen LogP contribution >= 0.6 is 11.6 Å². The second-order valence-electron chi connectivity index (χ2n) is 6.19. The molecule has 25 heavy (non-hydrogen) atoms. The molecule has 0 aromatic heterocycles. The van der Waals surface area contributed by atoms with E-state index in [0.717, 1.165) is 17.5 Å². The zero-order valence-electron chi connectivity index (χ0n) is 13.7. The van der Waals surface area contributed by atoms with Crippen LogP contribution in [0.2, 0.25) is 5.02 Å². The van der Waals surface area contributed by atoms with Crippen LogP contribution in [0.3, 0.4) is 0 Å². The molecule has 0 heterocycles. The SMILES string of the molecule is CN(Cc1cccc(OC(F)F)c1)C(=O)C1CC1c1ccccc1Cl. The van der Waals surface area contributed by atoms with E-state index in [2.05, 4.69) is 4.74 Å². The van der Waals surface area contributed by atoms with Crippen molar-refractivity contribution in [3.8, 4) is 5.75 Å². The number of hydrogen-bond acceptors (Lipinski definition) is 2. The molecular formula is C19H18ClF2NO2. The Morgan fingerprint density at radius 3 is 2.76 bits per heavy atom. The van der Waals surface area contributed by atoms with Gasteiger partial charge in [-0.3, -0.25) is 4.79 Å². The molecule has 2 unspecified atom stereocenters. The minimum atomic E-state index is -2.86. The van der Waals surface area contributed by atoms with Gasteiger partial charge in [0.05, 0.1) is 0 Å². The van der Waals surface area contributed by atoms with Gasteiger partial charge in [-0.15, -0.1) is 0 Å². The maximum atomic E-state index is 12.6. The molecule has 132 valence electrons. The molecule has 1 aliphatic carbocycles. The lowest BCUT2D eigenvalue weighted by molar-refractivity contribution is -0.131. The molecule has 2 aromatic carbocycles. The first-order valence-electron chi connectivity index (χ1n) is 7.99. The highest BCUT2D eigenvalue weighted by molar-refractivity contribution is 6.31. The number of amides is 1. The zero-order chi connectivity index (χ0) is 18.0. The average Bonchev–Trinajstić information content (AvgIpc) is 3.34. The van der Waals surface area contributed by atoms with E-state index in [0.29, 0.717) is 11.6 Å². The molecule has 1 fully saturated rings. The predicted molar refractivity (Wildman–Crippen MR) is 91.8 cm³/mol. The summed E-state index contributed by atoms with van der Waals surface area (Å²) >= 11 is 6.20. The Balaban J connectivity index is 1.62. The van der Waals surface area contributed by atoms with Crippen LogP contribution in [0, 0.1) is 5.92 Å². The Bertz CT molecular complexity index is 769. The largest absolute Gasteiger partial charge is 0.435 e. The molecule has 2 aromatic rings. The minimum Gasteiger partial charge on any atom is -0.435 e. The fourth-order valence-electron chi connectivity index (χ4n) is 3.04. The third-order valence-electron chi connectivity index (χ3n) is 4.33. The molecule has 6 heteroatoms. The summed E-state index contributed by atoms with van der Waals surface area (Å²) in [6.45, 7) is -2.53. The van der Waals surface area contributed by atoms with E-state index in [-0.39, 0.29) is 23.5 Å². The van der Waals surface area contributed by atoms with Gasteiger partial charge < -0.3 is 9.64 Å². The summed E-state index contributed by atoms with van der Waals surface area (Å²) in [6, 6.07) is 14.0. The molecule has 1 amide bonds. The topological polar surface area (TPSA) is 29.5 Å². The van der Waals surface area contributed by atoms with Crippen molar-refractivity contribution < 1.29 is 18.3 Å². The third-order valence-corrected chi connectivity index (χ3v) is 4.68. The number of rotatable bonds is 6. The number of carbonyl (C=O) groups is 1. The van der Waals surface area contributed by atoms with Crippen LogP contribution in [0.25, 0.3) is 0 Å². The van der Waals surface area contributed by atoms with E-state index in [9.17, 15) is 13.6 Å². The van der Waals surface area contributed by atoms with Crippen molar-refractivity contribution in [1.82, 2.24) is 4.90 Å². The van der Waals surface area contributed by atoms with Crippen LogP contribution in [-0.4, -0.2) is 24.5 Å². The van der Waals surface area contributed by atoms with Crippen molar-refractivity contribution >= 4 is 17.5 Å². The molecule has 0 aliphatic heterocycles. The van der Waals surface area contributed by atoms with Crippen LogP contribution < -0.4 is 4.74 Å². The molecule has 0 N–H and O–H groups in total. The molecule has 1 aliphatic rings. The molecule has 1 saturated carbocycles. The Morgan fingerprint density at radius 1 is 1.28 bits per heavy atom. The number of halogens is 3. The van der Waals surface area contributed by atoms with Gasteiger partial charge in [0.25, 0.3) is 0 Å². The van der Waals surface area contributed by atoms with Gasteiger partial charge in [0.1, 0.15) is 5.75 Å². The Labute approximate surface area is 150 Å². The number of nitrogens with zero attached hydrogens (tertiary/aromatic N) is 1. The summed E-state index contributed by atoms with van der Waals surface area (Å²) in [5, 5.41) is 0.683. The van der Waals surface area contributed by atoms with Gasteiger partial charge >= 0.3 is 6.61 Å². The van der Waals surface area contributed by atoms with Crippen molar-refractivity contribution in [1.29, 1.82) is 0 Å². The number of hydrogen-bond donors (Lipinski definition) is 0. The molecule has 0 bridgehead atoms. The quantitative estimate of drug-likeness (QED) is 0.742. The fraction of sp³-hybridized carbons (Fsp3) is 0.316. The Kier molecular flexibility index (Phi) is 5.23. The standard InChI is InChI=1S/C19H18ClF2NO2/c1-23(11-12-5-4-6-13(9-12)25-19(21)22)18(24)16-10-15(16)14-7-2-3-8-17(14)20/h2-9,15-16,19H,10-11H2,1H3. The van der Waals surface area contributed by atoms with Crippen LogP contribution in [0.4, 0.5) is 8.78 Å². The summed E-state index contributed by atoms with van der Waals surface area (Å²) in [5.74, 6) is 0.196. The van der Waals surface area contributed by atoms with Gasteiger partial charge in [0.15, 0.2) is 0 Å². The predicted octanol–water partition coefficient (Wildman–Crippen LogP) is 4.70. The third kappa shape index (κ3) is 4.28. The Hall–Kier alpha value is -2.14. The summed E-state index contributed by atoms with van der Waals surface area (Å²) in [5.41, 5.74) is 1.74. The van der Waals surface area contributed by atoms with Gasteiger partial charge in [-0.25, -0.2) is 0 Å². The molecule has 3 nitrogen and oxygen atoms in total. The first-order valence-corrected chi connectivity index (χ1v) is 8.36. The molecule has 2 atom stereocenters. The van der Waals surface area contributed by atoms with Gasteiger partial charge in [-0.1, -0.05) is 41.9 Å². The lowest BCUT2D eigenvalue weighted by Crippen LogP contribution is -2.28. The highest BCUT2D eigenvalue weighted by Crippen LogP contribution is 2.50. The molecule has 0 saturated heterocycles. The lowest BCUT2D eigenvalue weighted by Gasteiger charge is -2.18. The number of alkyl halides is 2. The molecule has 0 spiro atoms. The van der Waals surface area contributed by atoms with E-state index in [1.54, 1.807) is 24.1 Å². The Morgan fingerprint density at radius 2 is 2.04 bits per heavy atom. The van der Waals surface area contributed by atoms with Crippen molar-refractivity contribution in [2.75, 3.05) is 7.05 Å². The first-order chi connectivity index (χ1) is 12.0. The lowest BCUT2D eigenvalue weighted by atomic mass is 10.1. The van der Waals surface area contributed by atoms with E-state index in [1.807, 2.05) is 24.3 Å². The number of carbonyl (C=O) groups excluding carboxylic acids is 1. The highest BCUT2D eigenvalue weighted by atomic mass is 35.5. The molecular weight excluding hydrogens is 348 g/mol. The second kappa shape index (κ2) is 7.40. The van der Waals surface area contributed by atoms with Crippen molar-refractivity contribution in [2.45, 2.75) is 25.5 Å². The normalized spacial score (nSPS) is 18.9. The van der Waals surface area contributed by atoms with Crippen LogP contribution in [0.5, 0.6) is 5.75 Å². The monoisotopic (exact) mass is 365 g/mol. The highest BCUT2D eigenvalue weighted by Gasteiger charge is 2.45. The summed E-state index contributed by atoms with van der Waals surface area (Å²) in [4.78, 5) is 14.2. The van der Waals surface area contributed by atoms with E-state index >= 15 is 0 Å². The maximum absolute atomic E-state index is 12.6. The smallest absolute Gasteiger partial charge is 0.387 e. The zero-order valence-corrected chi connectivity index (χ0v) is 14.4. The van der Waals surface area contributed by atoms with Crippen molar-refractivity contribution in [3.63, 3.8) is 0 Å². The van der Waals surface area contributed by atoms with E-state index < -0.39 is 6.61 Å². The first kappa shape index (κ1) is 17.7. The fourth-order valence-corrected chi connectivity index (χ4v) is 3.32. The van der Waals surface area contributed by atoms with E-state index in [4.69, 9.17) is 11.6 Å². The molecule has 0 radical (unpaired) electrons. The van der Waals surface area contributed by atoms with Crippen molar-refractivity contribution in [3.05, 3.63) is 64.7 Å². The summed E-state index contributed by atoms with van der Waals surface area (Å²) in [7, 11) is 1.71. The van der Waals surface area contributed by atoms with Crippen LogP contribution in [-0.2, 0) is 11.3 Å². The van der Waals surface area contributed by atoms with Gasteiger partial charge in [0.2, 0.25) is 5.91 Å². The maximum Gasteiger partial charge on any atom is 0.387 e. The minimum absolute atomic E-state index is 0.0325. The van der Waals surface area contributed by atoms with Crippen LogP contribution in [0.15, 0.2) is 48.5 Å². The van der Waals surface area contributed by atoms with Gasteiger partial charge in [0, 0.05) is 24.5 Å². The average molecular weight is 366 g/mol. The summed E-state index contributed by atoms with van der Waals surface area (Å²) < 4.78 is 29.0. The van der Waals surface area contributed by atoms with E-state index in [1.165, 1.54) is 12.1 Å². The molecule has 3 rings (SSSR count). The van der Waals surface area contributed by atoms with Gasteiger partial charge in [-0.05, 0) is 41.7 Å². The number of ether oxygens (including phenoxy) is 1. The van der Waals surface area contributed by atoms with Crippen molar-refractivity contribution in [2.24, 2.45) is 5.92 Å².